The lowest BCUT2D eigenvalue weighted by molar-refractivity contribution is 0.616. The highest BCUT2D eigenvalue weighted by Crippen LogP contribution is 2.28. The molecule has 2 heterocycles. The number of aromatic nitrogens is 4. The van der Waals surface area contributed by atoms with E-state index in [1.807, 2.05) is 11.4 Å². The molecule has 0 fully saturated rings. The molecule has 0 aliphatic carbocycles. The Balaban J connectivity index is 2.61. The molecule has 2 unspecified atom stereocenters. The van der Waals surface area contributed by atoms with Crippen molar-refractivity contribution in [2.24, 2.45) is 0 Å². The fraction of sp³-hybridized carbons (Fsp3) is 0.545. The minimum absolute atomic E-state index is 0.409. The zero-order chi connectivity index (χ0) is 11.7. The molecule has 16 heavy (non-hydrogen) atoms. The smallest absolute Gasteiger partial charge is 0.216 e. The van der Waals surface area contributed by atoms with E-state index in [2.05, 4.69) is 50.9 Å². The minimum Gasteiger partial charge on any atom is -0.216 e. The maximum atomic E-state index is 4.35. The van der Waals surface area contributed by atoms with Gasteiger partial charge in [0.05, 0.1) is 5.69 Å². The molecule has 5 heteroatoms. The van der Waals surface area contributed by atoms with Gasteiger partial charge in [0.1, 0.15) is 6.33 Å². The molecule has 0 bridgehead atoms. The van der Waals surface area contributed by atoms with Gasteiger partial charge in [-0.1, -0.05) is 29.8 Å². The molecule has 0 saturated carbocycles. The van der Waals surface area contributed by atoms with Crippen LogP contribution in [-0.2, 0) is 0 Å². The van der Waals surface area contributed by atoms with Crippen LogP contribution in [0.15, 0.2) is 12.4 Å². The second-order valence-electron chi connectivity index (χ2n) is 3.99. The summed E-state index contributed by atoms with van der Waals surface area (Å²) in [5.74, 6) is 1.10. The highest BCUT2D eigenvalue weighted by Gasteiger charge is 2.19. The molecule has 86 valence electrons. The van der Waals surface area contributed by atoms with Crippen LogP contribution in [-0.4, -0.2) is 24.4 Å². The summed E-state index contributed by atoms with van der Waals surface area (Å²) in [7, 11) is 0. The Bertz CT molecular complexity index is 492. The molecule has 0 aromatic carbocycles. The zero-order valence-corrected chi connectivity index (χ0v) is 11.3. The molecule has 0 saturated heterocycles. The van der Waals surface area contributed by atoms with E-state index in [0.717, 1.165) is 12.1 Å². The van der Waals surface area contributed by atoms with Gasteiger partial charge < -0.3 is 0 Å². The van der Waals surface area contributed by atoms with E-state index < -0.39 is 0 Å². The number of fused-ring (bicyclic) bond motifs is 1. The molecule has 0 N–H and O–H groups in total. The standard InChI is InChI=1S/C11H15BrN4/c1-4-9(8(3)12)10-5-7(2)15-11-13-6-14-16(10)11/h5-6,8-9H,4H2,1-3H3. The van der Waals surface area contributed by atoms with Gasteiger partial charge in [0.15, 0.2) is 0 Å². The normalized spacial score (nSPS) is 15.2. The molecular weight excluding hydrogens is 268 g/mol. The Morgan fingerprint density at radius 2 is 2.25 bits per heavy atom. The second kappa shape index (κ2) is 4.49. The van der Waals surface area contributed by atoms with Crippen LogP contribution in [0.5, 0.6) is 0 Å². The van der Waals surface area contributed by atoms with Crippen LogP contribution >= 0.6 is 15.9 Å². The number of nitrogens with zero attached hydrogens (tertiary/aromatic N) is 4. The maximum absolute atomic E-state index is 4.35. The van der Waals surface area contributed by atoms with E-state index in [0.29, 0.717) is 16.5 Å². The third kappa shape index (κ3) is 1.96. The summed E-state index contributed by atoms with van der Waals surface area (Å²) in [5.41, 5.74) is 2.16. The number of halogens is 1. The molecule has 0 radical (unpaired) electrons. The molecular formula is C11H15BrN4. The van der Waals surface area contributed by atoms with Gasteiger partial charge in [-0.15, -0.1) is 0 Å². The number of hydrogen-bond donors (Lipinski definition) is 0. The molecule has 2 atom stereocenters. The molecule has 2 aromatic heterocycles. The van der Waals surface area contributed by atoms with Crippen LogP contribution in [0.1, 0.15) is 37.6 Å². The van der Waals surface area contributed by atoms with Crippen molar-refractivity contribution in [2.75, 3.05) is 0 Å². The summed E-state index contributed by atoms with van der Waals surface area (Å²) in [6, 6.07) is 2.09. The van der Waals surface area contributed by atoms with Crippen molar-refractivity contribution in [3.8, 4) is 0 Å². The lowest BCUT2D eigenvalue weighted by atomic mass is 9.98. The van der Waals surface area contributed by atoms with Crippen LogP contribution in [0.3, 0.4) is 0 Å². The van der Waals surface area contributed by atoms with Crippen molar-refractivity contribution >= 4 is 21.7 Å². The van der Waals surface area contributed by atoms with E-state index in [9.17, 15) is 0 Å². The molecule has 0 aliphatic heterocycles. The van der Waals surface area contributed by atoms with Gasteiger partial charge in [-0.2, -0.15) is 10.1 Å². The van der Waals surface area contributed by atoms with Crippen molar-refractivity contribution in [2.45, 2.75) is 37.9 Å². The third-order valence-electron chi connectivity index (χ3n) is 2.78. The fourth-order valence-corrected chi connectivity index (χ4v) is 2.64. The van der Waals surface area contributed by atoms with Crippen molar-refractivity contribution in [3.05, 3.63) is 23.8 Å². The van der Waals surface area contributed by atoms with Gasteiger partial charge >= 0.3 is 0 Å². The zero-order valence-electron chi connectivity index (χ0n) is 9.68. The Kier molecular flexibility index (Phi) is 3.23. The highest BCUT2D eigenvalue weighted by atomic mass is 79.9. The predicted octanol–water partition coefficient (Wildman–Crippen LogP) is 2.71. The van der Waals surface area contributed by atoms with Crippen LogP contribution in [0, 0.1) is 6.92 Å². The Labute approximate surface area is 103 Å². The summed E-state index contributed by atoms with van der Waals surface area (Å²) < 4.78 is 1.83. The summed E-state index contributed by atoms with van der Waals surface area (Å²) in [6.07, 6.45) is 2.61. The number of alkyl halides is 1. The molecule has 0 spiro atoms. The molecule has 0 aliphatic rings. The maximum Gasteiger partial charge on any atom is 0.252 e. The number of rotatable bonds is 3. The average molecular weight is 283 g/mol. The summed E-state index contributed by atoms with van der Waals surface area (Å²) in [6.45, 7) is 6.33. The van der Waals surface area contributed by atoms with Crippen LogP contribution in [0.2, 0.25) is 0 Å². The number of aryl methyl sites for hydroxylation is 1. The molecule has 4 nitrogen and oxygen atoms in total. The van der Waals surface area contributed by atoms with Gasteiger partial charge in [-0.3, -0.25) is 0 Å². The van der Waals surface area contributed by atoms with Crippen molar-refractivity contribution in [1.82, 2.24) is 19.6 Å². The van der Waals surface area contributed by atoms with Crippen LogP contribution in [0.25, 0.3) is 5.78 Å². The molecule has 2 rings (SSSR count). The predicted molar refractivity (Wildman–Crippen MR) is 66.9 cm³/mol. The van der Waals surface area contributed by atoms with Gasteiger partial charge in [-0.25, -0.2) is 9.50 Å². The van der Waals surface area contributed by atoms with Gasteiger partial charge in [0, 0.05) is 16.4 Å². The van der Waals surface area contributed by atoms with Crippen molar-refractivity contribution in [3.63, 3.8) is 0 Å². The lowest BCUT2D eigenvalue weighted by Crippen LogP contribution is -2.14. The fourth-order valence-electron chi connectivity index (χ4n) is 1.99. The second-order valence-corrected chi connectivity index (χ2v) is 5.43. The van der Waals surface area contributed by atoms with E-state index in [4.69, 9.17) is 0 Å². The first-order valence-corrected chi connectivity index (χ1v) is 6.36. The summed E-state index contributed by atoms with van der Waals surface area (Å²) in [5, 5.41) is 4.23. The Morgan fingerprint density at radius 1 is 1.50 bits per heavy atom. The largest absolute Gasteiger partial charge is 0.252 e. The quantitative estimate of drug-likeness (QED) is 0.813. The SMILES string of the molecule is CCC(c1cc(C)nc2ncnn12)C(C)Br. The van der Waals surface area contributed by atoms with E-state index in [1.165, 1.54) is 5.69 Å². The lowest BCUT2D eigenvalue weighted by Gasteiger charge is -2.18. The van der Waals surface area contributed by atoms with E-state index in [-0.39, 0.29) is 0 Å². The van der Waals surface area contributed by atoms with E-state index >= 15 is 0 Å². The first kappa shape index (κ1) is 11.5. The molecule has 2 aromatic rings. The minimum atomic E-state index is 0.409. The Hall–Kier alpha value is -0.970. The van der Waals surface area contributed by atoms with Gasteiger partial charge in [-0.05, 0) is 19.4 Å². The summed E-state index contributed by atoms with van der Waals surface area (Å²) >= 11 is 3.65. The van der Waals surface area contributed by atoms with Gasteiger partial charge in [0.25, 0.3) is 5.78 Å². The first-order valence-electron chi connectivity index (χ1n) is 5.44. The van der Waals surface area contributed by atoms with Crippen LogP contribution in [0.4, 0.5) is 0 Å². The molecule has 0 amide bonds. The van der Waals surface area contributed by atoms with Gasteiger partial charge in [0.2, 0.25) is 0 Å². The van der Waals surface area contributed by atoms with Crippen molar-refractivity contribution in [1.29, 1.82) is 0 Å². The van der Waals surface area contributed by atoms with E-state index in [1.54, 1.807) is 6.33 Å². The monoisotopic (exact) mass is 282 g/mol. The number of hydrogen-bond acceptors (Lipinski definition) is 3. The van der Waals surface area contributed by atoms with Crippen LogP contribution < -0.4 is 0 Å². The topological polar surface area (TPSA) is 43.1 Å². The van der Waals surface area contributed by atoms with Crippen molar-refractivity contribution < 1.29 is 0 Å². The first-order chi connectivity index (χ1) is 7.63. The highest BCUT2D eigenvalue weighted by molar-refractivity contribution is 9.09. The average Bonchev–Trinajstić information content (AvgIpc) is 2.65. The Morgan fingerprint density at radius 3 is 2.88 bits per heavy atom. The third-order valence-corrected chi connectivity index (χ3v) is 3.42. The summed E-state index contributed by atoms with van der Waals surface area (Å²) in [4.78, 5) is 8.90.